The molecule has 0 saturated heterocycles. The molecular weight excluding hydrogens is 382 g/mol. The number of carbonyl (C=O) groups is 1. The number of hydrogen-bond donors (Lipinski definition) is 3. The number of nitrogens with zero attached hydrogens (tertiary/aromatic N) is 2. The van der Waals surface area contributed by atoms with Crippen molar-refractivity contribution in [1.29, 1.82) is 0 Å². The molecule has 1 aliphatic carbocycles. The number of hydrogen-bond acceptors (Lipinski definition) is 4. The van der Waals surface area contributed by atoms with Crippen LogP contribution in [0.25, 0.3) is 11.2 Å². The first-order valence-corrected chi connectivity index (χ1v) is 9.69. The number of pyridine rings is 1. The summed E-state index contributed by atoms with van der Waals surface area (Å²) in [6, 6.07) is 0.207. The van der Waals surface area contributed by atoms with E-state index in [0.717, 1.165) is 18.4 Å². The van der Waals surface area contributed by atoms with Gasteiger partial charge < -0.3 is 16.0 Å². The number of anilines is 1. The van der Waals surface area contributed by atoms with Crippen LogP contribution in [-0.2, 0) is 0 Å². The van der Waals surface area contributed by atoms with E-state index in [0.29, 0.717) is 28.7 Å². The van der Waals surface area contributed by atoms with Gasteiger partial charge in [-0.2, -0.15) is 0 Å². The second-order valence-electron chi connectivity index (χ2n) is 7.46. The number of aromatic amines is 1. The van der Waals surface area contributed by atoms with Crippen molar-refractivity contribution < 1.29 is 4.79 Å². The first-order chi connectivity index (χ1) is 11.8. The minimum atomic E-state index is -0.487. The van der Waals surface area contributed by atoms with Crippen LogP contribution in [0.5, 0.6) is 0 Å². The van der Waals surface area contributed by atoms with Gasteiger partial charge in [-0.15, -0.1) is 0 Å². The van der Waals surface area contributed by atoms with Gasteiger partial charge in [-0.25, -0.2) is 9.97 Å². The van der Waals surface area contributed by atoms with Gasteiger partial charge in [0.2, 0.25) is 0 Å². The zero-order valence-corrected chi connectivity index (χ0v) is 16.6. The number of imidazole rings is 1. The lowest BCUT2D eigenvalue weighted by molar-refractivity contribution is 0.100. The molecule has 1 fully saturated rings. The van der Waals surface area contributed by atoms with Crippen LogP contribution in [0, 0.1) is 11.8 Å². The molecule has 136 valence electrons. The van der Waals surface area contributed by atoms with Crippen LogP contribution in [0.3, 0.4) is 0 Å². The summed E-state index contributed by atoms with van der Waals surface area (Å²) in [4.78, 5) is 23.3. The van der Waals surface area contributed by atoms with Crippen LogP contribution < -0.4 is 11.1 Å². The van der Waals surface area contributed by atoms with Crippen LogP contribution >= 0.6 is 15.9 Å². The predicted molar refractivity (Wildman–Crippen MR) is 104 cm³/mol. The fraction of sp³-hybridized carbons (Fsp3) is 0.611. The zero-order valence-electron chi connectivity index (χ0n) is 15.0. The van der Waals surface area contributed by atoms with Crippen LogP contribution in [-0.4, -0.2) is 31.2 Å². The molecule has 7 heteroatoms. The predicted octanol–water partition coefficient (Wildman–Crippen LogP) is 3.84. The molecular formula is C18H26BrN5O. The summed E-state index contributed by atoms with van der Waals surface area (Å²) in [6.07, 6.45) is 7.70. The van der Waals surface area contributed by atoms with E-state index in [1.807, 2.05) is 0 Å². The Bertz CT molecular complexity index is 776. The van der Waals surface area contributed by atoms with Gasteiger partial charge in [0, 0.05) is 16.6 Å². The van der Waals surface area contributed by atoms with Gasteiger partial charge in [-0.3, -0.25) is 4.79 Å². The molecule has 1 unspecified atom stereocenters. The molecule has 4 atom stereocenters. The summed E-state index contributed by atoms with van der Waals surface area (Å²) in [5.41, 5.74) is 7.97. The van der Waals surface area contributed by atoms with Gasteiger partial charge in [0.25, 0.3) is 5.91 Å². The average molecular weight is 408 g/mol. The van der Waals surface area contributed by atoms with Gasteiger partial charge in [-0.05, 0) is 44.4 Å². The second kappa shape index (κ2) is 6.94. The molecule has 1 aliphatic rings. The highest BCUT2D eigenvalue weighted by Crippen LogP contribution is 2.45. The van der Waals surface area contributed by atoms with E-state index >= 15 is 0 Å². The number of carbonyl (C=O) groups excluding carboxylic acids is 1. The van der Waals surface area contributed by atoms with Crippen LogP contribution in [0.4, 0.5) is 5.69 Å². The number of primary amides is 1. The third kappa shape index (κ3) is 3.66. The number of nitrogens with one attached hydrogen (secondary N) is 2. The Morgan fingerprint density at radius 3 is 2.96 bits per heavy atom. The quantitative estimate of drug-likeness (QED) is 0.655. The number of rotatable bonds is 5. The Morgan fingerprint density at radius 2 is 2.28 bits per heavy atom. The molecule has 1 amide bonds. The van der Waals surface area contributed by atoms with Gasteiger partial charge in [0.05, 0.1) is 17.6 Å². The highest BCUT2D eigenvalue weighted by atomic mass is 79.9. The number of fused-ring (bicyclic) bond motifs is 1. The van der Waals surface area contributed by atoms with Gasteiger partial charge >= 0.3 is 0 Å². The fourth-order valence-corrected chi connectivity index (χ4v) is 5.08. The topological polar surface area (TPSA) is 96.7 Å². The van der Waals surface area contributed by atoms with Crippen LogP contribution in [0.2, 0.25) is 0 Å². The molecule has 3 rings (SSSR count). The first kappa shape index (κ1) is 18.2. The van der Waals surface area contributed by atoms with E-state index in [1.54, 1.807) is 6.33 Å². The Hall–Kier alpha value is -1.63. The molecule has 6 nitrogen and oxygen atoms in total. The molecule has 0 spiro atoms. The van der Waals surface area contributed by atoms with Crippen molar-refractivity contribution in [3.8, 4) is 0 Å². The van der Waals surface area contributed by atoms with Gasteiger partial charge in [0.15, 0.2) is 5.65 Å². The van der Waals surface area contributed by atoms with Crippen molar-refractivity contribution in [2.75, 3.05) is 5.32 Å². The Labute approximate surface area is 156 Å². The minimum Gasteiger partial charge on any atom is -0.380 e. The minimum absolute atomic E-state index is 0.207. The molecule has 4 N–H and O–H groups in total. The summed E-state index contributed by atoms with van der Waals surface area (Å²) < 4.78 is 0.208. The maximum absolute atomic E-state index is 11.8. The van der Waals surface area contributed by atoms with Gasteiger partial charge in [-0.1, -0.05) is 29.8 Å². The maximum atomic E-state index is 11.8. The zero-order chi connectivity index (χ0) is 18.2. The van der Waals surface area contributed by atoms with Crippen molar-refractivity contribution in [1.82, 2.24) is 15.0 Å². The molecule has 25 heavy (non-hydrogen) atoms. The van der Waals surface area contributed by atoms with E-state index in [9.17, 15) is 4.79 Å². The number of alkyl halides is 1. The summed E-state index contributed by atoms with van der Waals surface area (Å²) >= 11 is 3.97. The highest BCUT2D eigenvalue weighted by Gasteiger charge is 2.38. The lowest BCUT2D eigenvalue weighted by Crippen LogP contribution is -2.39. The molecule has 2 aromatic heterocycles. The van der Waals surface area contributed by atoms with Crippen molar-refractivity contribution >= 4 is 38.7 Å². The van der Waals surface area contributed by atoms with Crippen LogP contribution in [0.1, 0.15) is 56.8 Å². The normalized spacial score (nSPS) is 28.0. The second-order valence-corrected chi connectivity index (χ2v) is 9.14. The average Bonchev–Trinajstić information content (AvgIpc) is 3.03. The number of nitrogens with two attached hydrogens (primary N) is 1. The summed E-state index contributed by atoms with van der Waals surface area (Å²) in [7, 11) is 0. The lowest BCUT2D eigenvalue weighted by Gasteiger charge is -2.42. The van der Waals surface area contributed by atoms with Crippen molar-refractivity contribution in [2.45, 2.75) is 56.8 Å². The van der Waals surface area contributed by atoms with E-state index in [4.69, 9.17) is 5.73 Å². The Kier molecular flexibility index (Phi) is 5.04. The highest BCUT2D eigenvalue weighted by molar-refractivity contribution is 9.10. The third-order valence-corrected chi connectivity index (χ3v) is 6.69. The van der Waals surface area contributed by atoms with E-state index in [2.05, 4.69) is 57.0 Å². The van der Waals surface area contributed by atoms with Crippen molar-refractivity contribution in [2.24, 2.45) is 17.6 Å². The van der Waals surface area contributed by atoms with Crippen molar-refractivity contribution in [3.05, 3.63) is 18.1 Å². The summed E-state index contributed by atoms with van der Waals surface area (Å²) in [5.74, 6) is 0.691. The Balaban J connectivity index is 1.89. The number of amides is 1. The van der Waals surface area contributed by atoms with E-state index < -0.39 is 5.91 Å². The summed E-state index contributed by atoms with van der Waals surface area (Å²) in [5, 5.41) is 3.54. The first-order valence-electron chi connectivity index (χ1n) is 8.90. The number of H-pyrrole nitrogens is 1. The molecule has 2 aromatic rings. The van der Waals surface area contributed by atoms with Gasteiger partial charge in [0.1, 0.15) is 5.52 Å². The standard InChI is InChI=1S/C18H26BrN5O/c1-4-18(19)6-10(2)5-12(7-18)11(3)24-14-13(16(20)25)8-21-17-15(14)22-9-23-17/h8-12H,4-7H2,1-3H3,(H2,20,25)(H2,21,22,23,24)/t10?,11-,12+,18+/m1/s1. The molecule has 0 bridgehead atoms. The number of halogens is 1. The molecule has 2 heterocycles. The van der Waals surface area contributed by atoms with Crippen molar-refractivity contribution in [3.63, 3.8) is 0 Å². The summed E-state index contributed by atoms with van der Waals surface area (Å²) in [6.45, 7) is 6.74. The lowest BCUT2D eigenvalue weighted by atomic mass is 9.72. The van der Waals surface area contributed by atoms with Crippen LogP contribution in [0.15, 0.2) is 12.5 Å². The monoisotopic (exact) mass is 407 g/mol. The molecule has 0 aromatic carbocycles. The molecule has 0 radical (unpaired) electrons. The SMILES string of the molecule is CC[C@]1(Br)CC(C)C[C@H]([C@@H](C)Nc2c(C(N)=O)cnc3nc[nH]c23)C1. The maximum Gasteiger partial charge on any atom is 0.252 e. The van der Waals surface area contributed by atoms with E-state index in [1.165, 1.54) is 19.0 Å². The van der Waals surface area contributed by atoms with E-state index in [-0.39, 0.29) is 10.4 Å². The Morgan fingerprint density at radius 1 is 1.52 bits per heavy atom. The smallest absolute Gasteiger partial charge is 0.252 e. The molecule has 1 saturated carbocycles. The number of aromatic nitrogens is 3. The molecule has 0 aliphatic heterocycles. The fourth-order valence-electron chi connectivity index (χ4n) is 4.11. The largest absolute Gasteiger partial charge is 0.380 e. The third-order valence-electron chi connectivity index (χ3n) is 5.48.